The molecule has 0 aromatic heterocycles. The van der Waals surface area contributed by atoms with Crippen LogP contribution in [0.2, 0.25) is 0 Å². The van der Waals surface area contributed by atoms with E-state index in [1.165, 1.54) is 51.0 Å². The highest BCUT2D eigenvalue weighted by molar-refractivity contribution is 5.14. The van der Waals surface area contributed by atoms with E-state index in [-0.39, 0.29) is 0 Å². The number of nitrogens with one attached hydrogen (secondary N) is 1. The van der Waals surface area contributed by atoms with Crippen LogP contribution >= 0.6 is 0 Å². The van der Waals surface area contributed by atoms with Crippen molar-refractivity contribution in [1.82, 2.24) is 10.2 Å². The number of hydrogen-bond acceptors (Lipinski definition) is 2. The first-order valence-electron chi connectivity index (χ1n) is 6.88. The average molecular weight is 232 g/mol. The molecule has 1 heterocycles. The topological polar surface area (TPSA) is 15.3 Å². The Balaban J connectivity index is 1.81. The van der Waals surface area contributed by atoms with Gasteiger partial charge in [-0.3, -0.25) is 0 Å². The minimum Gasteiger partial charge on any atom is -0.313 e. The van der Waals surface area contributed by atoms with E-state index in [9.17, 15) is 0 Å². The van der Waals surface area contributed by atoms with Crippen molar-refractivity contribution in [2.24, 2.45) is 0 Å². The molecule has 2 rings (SSSR count). The van der Waals surface area contributed by atoms with Crippen LogP contribution in [0.3, 0.4) is 0 Å². The third-order valence-corrected chi connectivity index (χ3v) is 3.62. The van der Waals surface area contributed by atoms with Crippen LogP contribution in [-0.2, 0) is 6.42 Å². The third kappa shape index (κ3) is 4.14. The first kappa shape index (κ1) is 12.6. The molecule has 1 aliphatic heterocycles. The molecule has 1 aromatic carbocycles. The fourth-order valence-electron chi connectivity index (χ4n) is 2.48. The van der Waals surface area contributed by atoms with E-state index < -0.39 is 0 Å². The zero-order chi connectivity index (χ0) is 11.9. The summed E-state index contributed by atoms with van der Waals surface area (Å²) in [6.07, 6.45) is 3.70. The highest BCUT2D eigenvalue weighted by Crippen LogP contribution is 2.06. The average Bonchev–Trinajstić information content (AvgIpc) is 2.62. The second kappa shape index (κ2) is 6.77. The van der Waals surface area contributed by atoms with Gasteiger partial charge in [0.05, 0.1) is 0 Å². The molecule has 0 saturated carbocycles. The summed E-state index contributed by atoms with van der Waals surface area (Å²) in [7, 11) is 0. The van der Waals surface area contributed by atoms with Crippen molar-refractivity contribution in [2.75, 3.05) is 26.2 Å². The summed E-state index contributed by atoms with van der Waals surface area (Å²) in [6, 6.07) is 11.5. The molecule has 0 radical (unpaired) electrons. The normalized spacial score (nSPS) is 22.3. The van der Waals surface area contributed by atoms with Crippen molar-refractivity contribution in [3.8, 4) is 0 Å². The molecule has 2 nitrogen and oxygen atoms in total. The van der Waals surface area contributed by atoms with E-state index in [1.54, 1.807) is 0 Å². The highest BCUT2D eigenvalue weighted by Gasteiger charge is 2.15. The monoisotopic (exact) mass is 232 g/mol. The molecular formula is C15H24N2. The second-order valence-electron chi connectivity index (χ2n) is 4.95. The maximum absolute atomic E-state index is 3.62. The Labute approximate surface area is 105 Å². The molecule has 17 heavy (non-hydrogen) atoms. The zero-order valence-electron chi connectivity index (χ0n) is 10.9. The number of rotatable bonds is 4. The maximum atomic E-state index is 3.62. The Morgan fingerprint density at radius 3 is 2.88 bits per heavy atom. The molecule has 2 heteroatoms. The quantitative estimate of drug-likeness (QED) is 0.857. The van der Waals surface area contributed by atoms with Gasteiger partial charge in [0.15, 0.2) is 0 Å². The summed E-state index contributed by atoms with van der Waals surface area (Å²) in [4.78, 5) is 2.61. The zero-order valence-corrected chi connectivity index (χ0v) is 10.9. The molecule has 1 N–H and O–H groups in total. The van der Waals surface area contributed by atoms with E-state index >= 15 is 0 Å². The van der Waals surface area contributed by atoms with Gasteiger partial charge >= 0.3 is 0 Å². The Morgan fingerprint density at radius 1 is 1.29 bits per heavy atom. The van der Waals surface area contributed by atoms with Gasteiger partial charge in [-0.2, -0.15) is 0 Å². The van der Waals surface area contributed by atoms with Crippen LogP contribution in [-0.4, -0.2) is 37.1 Å². The lowest BCUT2D eigenvalue weighted by atomic mass is 10.1. The van der Waals surface area contributed by atoms with Gasteiger partial charge in [0.25, 0.3) is 0 Å². The summed E-state index contributed by atoms with van der Waals surface area (Å²) in [5, 5.41) is 3.62. The van der Waals surface area contributed by atoms with Crippen LogP contribution in [0.1, 0.15) is 25.3 Å². The summed E-state index contributed by atoms with van der Waals surface area (Å²) in [5.74, 6) is 0. The minimum absolute atomic E-state index is 0.688. The highest BCUT2D eigenvalue weighted by atomic mass is 15.2. The summed E-state index contributed by atoms with van der Waals surface area (Å²) in [6.45, 7) is 7.11. The molecule has 1 aliphatic rings. The number of nitrogens with zero attached hydrogens (tertiary/aromatic N) is 1. The molecule has 1 unspecified atom stereocenters. The first-order chi connectivity index (χ1) is 8.38. The van der Waals surface area contributed by atoms with Gasteiger partial charge in [-0.05, 0) is 37.9 Å². The Kier molecular flexibility index (Phi) is 5.02. The van der Waals surface area contributed by atoms with Gasteiger partial charge in [-0.1, -0.05) is 37.3 Å². The second-order valence-corrected chi connectivity index (χ2v) is 4.95. The van der Waals surface area contributed by atoms with Crippen molar-refractivity contribution in [3.63, 3.8) is 0 Å². The summed E-state index contributed by atoms with van der Waals surface area (Å²) in [5.41, 5.74) is 1.46. The van der Waals surface area contributed by atoms with E-state index in [0.29, 0.717) is 6.04 Å². The molecule has 1 aromatic rings. The van der Waals surface area contributed by atoms with E-state index in [1.807, 2.05) is 0 Å². The lowest BCUT2D eigenvalue weighted by Crippen LogP contribution is -2.37. The molecule has 1 atom stereocenters. The van der Waals surface area contributed by atoms with Crippen molar-refractivity contribution >= 4 is 0 Å². The third-order valence-electron chi connectivity index (χ3n) is 3.62. The van der Waals surface area contributed by atoms with Gasteiger partial charge in [-0.25, -0.2) is 0 Å². The van der Waals surface area contributed by atoms with Gasteiger partial charge in [-0.15, -0.1) is 0 Å². The van der Waals surface area contributed by atoms with E-state index in [0.717, 1.165) is 0 Å². The number of benzene rings is 1. The molecular weight excluding hydrogens is 208 g/mol. The fourth-order valence-corrected chi connectivity index (χ4v) is 2.48. The lowest BCUT2D eigenvalue weighted by Gasteiger charge is -2.23. The molecule has 0 amide bonds. The SMILES string of the molecule is CCC1CN(CCc2ccccc2)CCCN1. The molecule has 0 spiro atoms. The minimum atomic E-state index is 0.688. The van der Waals surface area contributed by atoms with Crippen LogP contribution < -0.4 is 5.32 Å². The van der Waals surface area contributed by atoms with Crippen LogP contribution in [0.15, 0.2) is 30.3 Å². The van der Waals surface area contributed by atoms with Gasteiger partial charge in [0.1, 0.15) is 0 Å². The molecule has 1 saturated heterocycles. The predicted molar refractivity (Wildman–Crippen MR) is 73.3 cm³/mol. The Morgan fingerprint density at radius 2 is 2.12 bits per heavy atom. The summed E-state index contributed by atoms with van der Waals surface area (Å²) >= 11 is 0. The Bertz CT molecular complexity index is 310. The summed E-state index contributed by atoms with van der Waals surface area (Å²) < 4.78 is 0. The fraction of sp³-hybridized carbons (Fsp3) is 0.600. The molecule has 1 fully saturated rings. The first-order valence-corrected chi connectivity index (χ1v) is 6.88. The van der Waals surface area contributed by atoms with Crippen molar-refractivity contribution in [3.05, 3.63) is 35.9 Å². The number of hydrogen-bond donors (Lipinski definition) is 1. The van der Waals surface area contributed by atoms with Crippen LogP contribution in [0.25, 0.3) is 0 Å². The standard InChI is InChI=1S/C15H24N2/c1-2-15-13-17(11-6-10-16-15)12-9-14-7-4-3-5-8-14/h3-5,7-8,15-16H,2,6,9-13H2,1H3. The van der Waals surface area contributed by atoms with E-state index in [2.05, 4.69) is 47.5 Å². The molecule has 94 valence electrons. The van der Waals surface area contributed by atoms with Crippen molar-refractivity contribution in [2.45, 2.75) is 32.2 Å². The lowest BCUT2D eigenvalue weighted by molar-refractivity contribution is 0.268. The smallest absolute Gasteiger partial charge is 0.0192 e. The Hall–Kier alpha value is -0.860. The van der Waals surface area contributed by atoms with Crippen molar-refractivity contribution in [1.29, 1.82) is 0 Å². The largest absolute Gasteiger partial charge is 0.313 e. The van der Waals surface area contributed by atoms with Crippen LogP contribution in [0, 0.1) is 0 Å². The maximum Gasteiger partial charge on any atom is 0.0192 e. The van der Waals surface area contributed by atoms with E-state index in [4.69, 9.17) is 0 Å². The molecule has 0 bridgehead atoms. The van der Waals surface area contributed by atoms with Crippen LogP contribution in [0.5, 0.6) is 0 Å². The van der Waals surface area contributed by atoms with Gasteiger partial charge < -0.3 is 10.2 Å². The van der Waals surface area contributed by atoms with Gasteiger partial charge in [0, 0.05) is 19.1 Å². The predicted octanol–water partition coefficient (Wildman–Crippen LogP) is 2.30. The molecule has 0 aliphatic carbocycles. The van der Waals surface area contributed by atoms with Gasteiger partial charge in [0.2, 0.25) is 0 Å². The van der Waals surface area contributed by atoms with Crippen molar-refractivity contribution < 1.29 is 0 Å². The van der Waals surface area contributed by atoms with Crippen LogP contribution in [0.4, 0.5) is 0 Å².